The van der Waals surface area contributed by atoms with E-state index in [1.807, 2.05) is 4.90 Å². The Labute approximate surface area is 119 Å². The van der Waals surface area contributed by atoms with Crippen LogP contribution in [0.1, 0.15) is 39.0 Å². The predicted octanol–water partition coefficient (Wildman–Crippen LogP) is 2.66. The summed E-state index contributed by atoms with van der Waals surface area (Å²) in [6, 6.07) is 0.641. The number of likely N-dealkylation sites (tertiary alicyclic amines) is 2. The Morgan fingerprint density at radius 3 is 2.33 bits per heavy atom. The van der Waals surface area contributed by atoms with E-state index in [4.69, 9.17) is 23.2 Å². The molecule has 0 saturated carbocycles. The van der Waals surface area contributed by atoms with Gasteiger partial charge < -0.3 is 9.80 Å². The van der Waals surface area contributed by atoms with Crippen molar-refractivity contribution in [1.82, 2.24) is 9.80 Å². The fourth-order valence-corrected chi connectivity index (χ4v) is 3.27. The van der Waals surface area contributed by atoms with E-state index >= 15 is 0 Å². The monoisotopic (exact) mass is 292 g/mol. The maximum Gasteiger partial charge on any atom is 0.258 e. The third-order valence-corrected chi connectivity index (χ3v) is 4.34. The van der Waals surface area contributed by atoms with Crippen LogP contribution in [0.4, 0.5) is 0 Å². The number of alkyl halides is 2. The van der Waals surface area contributed by atoms with E-state index in [0.29, 0.717) is 6.04 Å². The van der Waals surface area contributed by atoms with Crippen molar-refractivity contribution in [3.8, 4) is 0 Å². The number of hydrogen-bond donors (Lipinski definition) is 0. The number of halogens is 2. The fourth-order valence-electron chi connectivity index (χ4n) is 3.03. The quantitative estimate of drug-likeness (QED) is 0.731. The Balaban J connectivity index is 1.90. The molecule has 0 aliphatic carbocycles. The SMILES string of the molecule is CC(Cl)(Cl)C(=O)N1CCCC(N2CCCC2)CC1. The van der Waals surface area contributed by atoms with Crippen molar-refractivity contribution < 1.29 is 4.79 Å². The summed E-state index contributed by atoms with van der Waals surface area (Å²) in [6.07, 6.45) is 5.93. The molecule has 0 aromatic heterocycles. The summed E-state index contributed by atoms with van der Waals surface area (Å²) >= 11 is 11.8. The summed E-state index contributed by atoms with van der Waals surface area (Å²) in [5.74, 6) is -0.145. The molecule has 3 nitrogen and oxygen atoms in total. The van der Waals surface area contributed by atoms with Crippen LogP contribution in [0, 0.1) is 0 Å². The molecular weight excluding hydrogens is 271 g/mol. The van der Waals surface area contributed by atoms with Crippen LogP contribution in [-0.2, 0) is 4.79 Å². The molecular formula is C13H22Cl2N2O. The lowest BCUT2D eigenvalue weighted by molar-refractivity contribution is -0.131. The maximum atomic E-state index is 12.0. The van der Waals surface area contributed by atoms with Crippen LogP contribution < -0.4 is 0 Å². The Morgan fingerprint density at radius 2 is 1.72 bits per heavy atom. The first-order chi connectivity index (χ1) is 8.48. The second-order valence-corrected chi connectivity index (χ2v) is 7.21. The third-order valence-electron chi connectivity index (χ3n) is 4.02. The van der Waals surface area contributed by atoms with Gasteiger partial charge in [0.25, 0.3) is 5.91 Å². The number of hydrogen-bond acceptors (Lipinski definition) is 2. The highest BCUT2D eigenvalue weighted by Crippen LogP contribution is 2.26. The van der Waals surface area contributed by atoms with Crippen LogP contribution in [0.5, 0.6) is 0 Å². The van der Waals surface area contributed by atoms with Gasteiger partial charge in [-0.15, -0.1) is 0 Å². The van der Waals surface area contributed by atoms with Crippen molar-refractivity contribution in [2.24, 2.45) is 0 Å². The van der Waals surface area contributed by atoms with Crippen molar-refractivity contribution in [1.29, 1.82) is 0 Å². The largest absolute Gasteiger partial charge is 0.340 e. The van der Waals surface area contributed by atoms with Crippen LogP contribution in [-0.4, -0.2) is 52.3 Å². The van der Waals surface area contributed by atoms with Gasteiger partial charge in [0.2, 0.25) is 0 Å². The van der Waals surface area contributed by atoms with Gasteiger partial charge in [-0.25, -0.2) is 0 Å². The average molecular weight is 293 g/mol. The van der Waals surface area contributed by atoms with Crippen molar-refractivity contribution in [3.63, 3.8) is 0 Å². The minimum absolute atomic E-state index is 0.145. The zero-order chi connectivity index (χ0) is 13.2. The number of nitrogens with zero attached hydrogens (tertiary/aromatic N) is 2. The van der Waals surface area contributed by atoms with Crippen LogP contribution >= 0.6 is 23.2 Å². The van der Waals surface area contributed by atoms with Gasteiger partial charge in [0, 0.05) is 19.1 Å². The van der Waals surface area contributed by atoms with E-state index in [0.717, 1.165) is 25.9 Å². The lowest BCUT2D eigenvalue weighted by Gasteiger charge is -2.27. The van der Waals surface area contributed by atoms with Gasteiger partial charge in [0.1, 0.15) is 0 Å². The topological polar surface area (TPSA) is 23.6 Å². The van der Waals surface area contributed by atoms with Crippen LogP contribution in [0.2, 0.25) is 0 Å². The molecule has 2 rings (SSSR count). The van der Waals surface area contributed by atoms with Gasteiger partial charge in [-0.05, 0) is 52.1 Å². The second kappa shape index (κ2) is 5.98. The zero-order valence-electron chi connectivity index (χ0n) is 11.0. The summed E-state index contributed by atoms with van der Waals surface area (Å²) < 4.78 is -1.28. The molecule has 104 valence electrons. The Bertz CT molecular complexity index is 298. The van der Waals surface area contributed by atoms with Gasteiger partial charge in [-0.1, -0.05) is 23.2 Å². The molecule has 2 heterocycles. The Hall–Kier alpha value is 0.01000. The minimum Gasteiger partial charge on any atom is -0.340 e. The van der Waals surface area contributed by atoms with Gasteiger partial charge in [-0.3, -0.25) is 4.79 Å². The van der Waals surface area contributed by atoms with Crippen molar-refractivity contribution in [2.75, 3.05) is 26.2 Å². The molecule has 2 aliphatic heterocycles. The zero-order valence-corrected chi connectivity index (χ0v) is 12.5. The van der Waals surface area contributed by atoms with E-state index < -0.39 is 4.33 Å². The maximum absolute atomic E-state index is 12.0. The summed E-state index contributed by atoms with van der Waals surface area (Å²) in [5, 5.41) is 0. The molecule has 0 spiro atoms. The molecule has 2 fully saturated rings. The fraction of sp³-hybridized carbons (Fsp3) is 0.923. The molecule has 0 radical (unpaired) electrons. The smallest absolute Gasteiger partial charge is 0.258 e. The highest BCUT2D eigenvalue weighted by atomic mass is 35.5. The standard InChI is InChI=1S/C13H22Cl2N2O/c1-13(14,15)12(18)17-9-4-5-11(6-10-17)16-7-2-3-8-16/h11H,2-10H2,1H3. The lowest BCUT2D eigenvalue weighted by atomic mass is 10.1. The lowest BCUT2D eigenvalue weighted by Crippen LogP contribution is -2.41. The van der Waals surface area contributed by atoms with Gasteiger partial charge in [0.15, 0.2) is 4.33 Å². The molecule has 0 aromatic carbocycles. The highest BCUT2D eigenvalue weighted by Gasteiger charge is 2.34. The summed E-state index contributed by atoms with van der Waals surface area (Å²) in [5.41, 5.74) is 0. The summed E-state index contributed by atoms with van der Waals surface area (Å²) in [4.78, 5) is 16.5. The molecule has 18 heavy (non-hydrogen) atoms. The first kappa shape index (κ1) is 14.4. The van der Waals surface area contributed by atoms with Crippen LogP contribution in [0.25, 0.3) is 0 Å². The first-order valence-electron chi connectivity index (χ1n) is 6.90. The predicted molar refractivity (Wildman–Crippen MR) is 75.1 cm³/mol. The van der Waals surface area contributed by atoms with Gasteiger partial charge >= 0.3 is 0 Å². The van der Waals surface area contributed by atoms with E-state index in [1.54, 1.807) is 6.92 Å². The van der Waals surface area contributed by atoms with Crippen molar-refractivity contribution in [3.05, 3.63) is 0 Å². The van der Waals surface area contributed by atoms with E-state index in [2.05, 4.69) is 4.90 Å². The van der Waals surface area contributed by atoms with Gasteiger partial charge in [0.05, 0.1) is 0 Å². The number of carbonyl (C=O) groups is 1. The summed E-state index contributed by atoms with van der Waals surface area (Å²) in [6.45, 7) is 5.58. The summed E-state index contributed by atoms with van der Waals surface area (Å²) in [7, 11) is 0. The molecule has 2 saturated heterocycles. The molecule has 2 aliphatic rings. The average Bonchev–Trinajstić information content (AvgIpc) is 2.72. The molecule has 1 amide bonds. The molecule has 0 bridgehead atoms. The molecule has 0 aromatic rings. The third kappa shape index (κ3) is 3.52. The van der Waals surface area contributed by atoms with E-state index in [9.17, 15) is 4.79 Å². The molecule has 1 atom stereocenters. The highest BCUT2D eigenvalue weighted by molar-refractivity contribution is 6.57. The van der Waals surface area contributed by atoms with Crippen molar-refractivity contribution in [2.45, 2.75) is 49.4 Å². The molecule has 0 N–H and O–H groups in total. The Kier molecular flexibility index (Phi) is 4.79. The van der Waals surface area contributed by atoms with E-state index in [1.165, 1.54) is 32.4 Å². The Morgan fingerprint density at radius 1 is 1.06 bits per heavy atom. The van der Waals surface area contributed by atoms with Crippen LogP contribution in [0.15, 0.2) is 0 Å². The minimum atomic E-state index is -1.28. The first-order valence-corrected chi connectivity index (χ1v) is 7.65. The number of rotatable bonds is 2. The van der Waals surface area contributed by atoms with Crippen molar-refractivity contribution >= 4 is 29.1 Å². The second-order valence-electron chi connectivity index (χ2n) is 5.51. The number of amides is 1. The van der Waals surface area contributed by atoms with E-state index in [-0.39, 0.29) is 5.91 Å². The van der Waals surface area contributed by atoms with Crippen LogP contribution in [0.3, 0.4) is 0 Å². The number of carbonyl (C=O) groups excluding carboxylic acids is 1. The molecule has 5 heteroatoms. The molecule has 1 unspecified atom stereocenters. The normalized spacial score (nSPS) is 27.3. The van der Waals surface area contributed by atoms with Gasteiger partial charge in [-0.2, -0.15) is 0 Å².